The summed E-state index contributed by atoms with van der Waals surface area (Å²) < 4.78 is 0. The maximum Gasteiger partial charge on any atom is 0.339 e. The molecule has 1 heterocycles. The number of carboxylic acid groups (broad SMARTS) is 1. The summed E-state index contributed by atoms with van der Waals surface area (Å²) in [5.41, 5.74) is 1.35. The Bertz CT molecular complexity index is 2310. The number of hydrogen-bond acceptors (Lipinski definition) is 7. The molecule has 9 heteroatoms. The molecule has 0 unspecified atom stereocenters. The van der Waals surface area contributed by atoms with E-state index in [1.165, 1.54) is 12.1 Å². The quantitative estimate of drug-likeness (QED) is 0.145. The lowest BCUT2D eigenvalue weighted by Gasteiger charge is -2.55. The van der Waals surface area contributed by atoms with Crippen molar-refractivity contribution < 1.29 is 39.3 Å². The SMILES string of the molecule is C=CCc1cccc([C@H]2C3=CC[C@@H]4C(=O)N(c5ccc(C(=O)O)c(O)c5)C(=O)[C@@H]4[C@@H]3C[C@H]3C(=O)C(c4ccccc4)=CC(=O)[C@@]23c2ccccc2)c1O. The van der Waals surface area contributed by atoms with Gasteiger partial charge in [-0.05, 0) is 60.1 Å². The predicted molar refractivity (Wildman–Crippen MR) is 196 cm³/mol. The molecular weight excluding hydrogens is 670 g/mol. The van der Waals surface area contributed by atoms with Crippen LogP contribution in [0.4, 0.5) is 5.69 Å². The van der Waals surface area contributed by atoms with Gasteiger partial charge in [0, 0.05) is 29.0 Å². The Morgan fingerprint density at radius 3 is 2.26 bits per heavy atom. The van der Waals surface area contributed by atoms with Gasteiger partial charge in [-0.3, -0.25) is 19.2 Å². The fraction of sp³-hybridized carbons (Fsp3) is 0.205. The number of aromatic hydroxyl groups is 2. The summed E-state index contributed by atoms with van der Waals surface area (Å²) in [6.07, 6.45) is 5.60. The number of para-hydroxylation sites is 1. The van der Waals surface area contributed by atoms with Crippen molar-refractivity contribution in [3.8, 4) is 11.5 Å². The summed E-state index contributed by atoms with van der Waals surface area (Å²) in [7, 11) is 0. The van der Waals surface area contributed by atoms with Gasteiger partial charge >= 0.3 is 5.97 Å². The Kier molecular flexibility index (Phi) is 8.09. The topological polar surface area (TPSA) is 149 Å². The number of fused-ring (bicyclic) bond motifs is 4. The van der Waals surface area contributed by atoms with Crippen LogP contribution < -0.4 is 4.90 Å². The zero-order valence-electron chi connectivity index (χ0n) is 28.5. The van der Waals surface area contributed by atoms with Crippen molar-refractivity contribution in [2.24, 2.45) is 23.7 Å². The fourth-order valence-corrected chi connectivity index (χ4v) is 9.48. The van der Waals surface area contributed by atoms with Crippen LogP contribution in [-0.4, -0.2) is 44.7 Å². The number of amides is 2. The maximum absolute atomic E-state index is 15.2. The number of rotatable bonds is 7. The van der Waals surface area contributed by atoms with E-state index in [1.807, 2.05) is 42.5 Å². The molecular formula is C44H35NO8. The second kappa shape index (κ2) is 12.7. The van der Waals surface area contributed by atoms with Crippen LogP contribution in [0.15, 0.2) is 127 Å². The number of allylic oxidation sites excluding steroid dienone is 5. The van der Waals surface area contributed by atoms with Gasteiger partial charge in [0.05, 0.1) is 22.9 Å². The number of benzene rings is 4. The Balaban J connectivity index is 1.35. The van der Waals surface area contributed by atoms with E-state index in [9.17, 15) is 29.7 Å². The third-order valence-corrected chi connectivity index (χ3v) is 11.7. The lowest BCUT2D eigenvalue weighted by atomic mass is 9.44. The summed E-state index contributed by atoms with van der Waals surface area (Å²) >= 11 is 0. The molecule has 0 spiro atoms. The Morgan fingerprint density at radius 1 is 0.868 bits per heavy atom. The fourth-order valence-electron chi connectivity index (χ4n) is 9.48. The summed E-state index contributed by atoms with van der Waals surface area (Å²) in [6.45, 7) is 3.85. The van der Waals surface area contributed by atoms with Crippen LogP contribution in [0.25, 0.3) is 5.57 Å². The van der Waals surface area contributed by atoms with Crippen LogP contribution in [0.1, 0.15) is 51.4 Å². The number of carbonyl (C=O) groups is 5. The number of phenolic OH excluding ortho intramolecular Hbond substituents is 1. The van der Waals surface area contributed by atoms with Crippen LogP contribution in [-0.2, 0) is 31.0 Å². The average Bonchev–Trinajstić information content (AvgIpc) is 3.42. The van der Waals surface area contributed by atoms with Crippen LogP contribution in [0.2, 0.25) is 0 Å². The van der Waals surface area contributed by atoms with Crippen molar-refractivity contribution in [1.29, 1.82) is 0 Å². The molecule has 0 radical (unpaired) electrons. The number of nitrogens with zero attached hydrogens (tertiary/aromatic N) is 1. The van der Waals surface area contributed by atoms with Gasteiger partial charge in [-0.2, -0.15) is 0 Å². The molecule has 9 nitrogen and oxygen atoms in total. The molecule has 1 saturated heterocycles. The third kappa shape index (κ3) is 4.94. The van der Waals surface area contributed by atoms with Gasteiger partial charge in [0.2, 0.25) is 11.8 Å². The number of phenols is 2. The predicted octanol–water partition coefficient (Wildman–Crippen LogP) is 6.55. The van der Waals surface area contributed by atoms with Gasteiger partial charge in [0.15, 0.2) is 11.6 Å². The first kappa shape index (κ1) is 33.8. The molecule has 4 aromatic rings. The highest BCUT2D eigenvalue weighted by Gasteiger charge is 2.66. The van der Waals surface area contributed by atoms with Crippen molar-refractivity contribution in [2.75, 3.05) is 4.90 Å². The zero-order chi connectivity index (χ0) is 37.2. The van der Waals surface area contributed by atoms with Crippen molar-refractivity contribution in [3.05, 3.63) is 155 Å². The molecule has 0 aromatic heterocycles. The van der Waals surface area contributed by atoms with Crippen molar-refractivity contribution >= 4 is 40.6 Å². The number of imide groups is 1. The summed E-state index contributed by atoms with van der Waals surface area (Å²) in [5, 5.41) is 31.9. The van der Waals surface area contributed by atoms with Gasteiger partial charge in [0.1, 0.15) is 17.1 Å². The minimum absolute atomic E-state index is 0.0299. The standard InChI is InChI=1S/C44H35NO8/c1-2-10-25-13-9-16-31(39(25)48)38-28-19-20-30-37(42(51)45(41(30)50)27-17-18-29(43(52)53)35(46)21-27)33(28)22-34-40(49)32(24-11-5-3-6-12-24)23-36(47)44(34,38)26-14-7-4-8-15-26/h2-9,11-19,21,23,30,33-34,37-38,46,48H,1,10,20,22H2,(H,52,53)/t30-,33+,34-,37-,38+,44-/m0/s1. The smallest absolute Gasteiger partial charge is 0.339 e. The van der Waals surface area contributed by atoms with E-state index in [-0.39, 0.29) is 47.0 Å². The number of aromatic carboxylic acids is 1. The Labute approximate surface area is 305 Å². The second-order valence-electron chi connectivity index (χ2n) is 14.2. The number of anilines is 1. The molecule has 0 bridgehead atoms. The van der Waals surface area contributed by atoms with Gasteiger partial charge < -0.3 is 15.3 Å². The largest absolute Gasteiger partial charge is 0.507 e. The first-order valence-corrected chi connectivity index (χ1v) is 17.6. The minimum atomic E-state index is -1.50. The first-order valence-electron chi connectivity index (χ1n) is 17.6. The molecule has 8 rings (SSSR count). The molecule has 2 fully saturated rings. The first-order chi connectivity index (χ1) is 25.6. The van der Waals surface area contributed by atoms with Crippen molar-refractivity contribution in [3.63, 3.8) is 0 Å². The highest BCUT2D eigenvalue weighted by molar-refractivity contribution is 6.32. The van der Waals surface area contributed by atoms with Crippen LogP contribution >= 0.6 is 0 Å². The van der Waals surface area contributed by atoms with Crippen LogP contribution in [0.3, 0.4) is 0 Å². The average molecular weight is 706 g/mol. The second-order valence-corrected chi connectivity index (χ2v) is 14.2. The number of carbonyl (C=O) groups excluding carboxylic acids is 4. The van der Waals surface area contributed by atoms with E-state index in [1.54, 1.807) is 48.5 Å². The minimum Gasteiger partial charge on any atom is -0.507 e. The van der Waals surface area contributed by atoms with Gasteiger partial charge in [-0.15, -0.1) is 6.58 Å². The maximum atomic E-state index is 15.2. The van der Waals surface area contributed by atoms with Crippen molar-refractivity contribution in [1.82, 2.24) is 0 Å². The molecule has 4 aromatic carbocycles. The van der Waals surface area contributed by atoms with E-state index < -0.39 is 58.5 Å². The third-order valence-electron chi connectivity index (χ3n) is 11.7. The van der Waals surface area contributed by atoms with Crippen LogP contribution in [0.5, 0.6) is 11.5 Å². The van der Waals surface area contributed by atoms with Gasteiger partial charge in [-0.25, -0.2) is 9.69 Å². The number of ketones is 2. The number of carboxylic acids is 1. The van der Waals surface area contributed by atoms with E-state index in [0.29, 0.717) is 34.2 Å². The molecule has 3 aliphatic carbocycles. The normalized spacial score (nSPS) is 26.3. The summed E-state index contributed by atoms with van der Waals surface area (Å²) in [5.74, 6) is -7.86. The van der Waals surface area contributed by atoms with Crippen LogP contribution in [0, 0.1) is 23.7 Å². The molecule has 53 heavy (non-hydrogen) atoms. The van der Waals surface area contributed by atoms with Gasteiger partial charge in [-0.1, -0.05) is 96.6 Å². The molecule has 3 N–H and O–H groups in total. The molecule has 1 saturated carbocycles. The molecule has 4 aliphatic rings. The van der Waals surface area contributed by atoms with E-state index in [0.717, 1.165) is 17.0 Å². The Morgan fingerprint density at radius 2 is 1.58 bits per heavy atom. The molecule has 264 valence electrons. The molecule has 2 amide bonds. The Hall–Kier alpha value is -6.35. The zero-order valence-corrected chi connectivity index (χ0v) is 28.5. The highest BCUT2D eigenvalue weighted by atomic mass is 16.4. The molecule has 6 atom stereocenters. The summed E-state index contributed by atoms with van der Waals surface area (Å²) in [4.78, 5) is 71.6. The number of hydrogen-bond donors (Lipinski definition) is 3. The van der Waals surface area contributed by atoms with Gasteiger partial charge in [0.25, 0.3) is 0 Å². The summed E-state index contributed by atoms with van der Waals surface area (Å²) in [6, 6.07) is 27.0. The molecule has 1 aliphatic heterocycles. The number of Topliss-reactive ketones (excluding diaryl/α,β-unsaturated/α-hetero) is 1. The van der Waals surface area contributed by atoms with Crippen molar-refractivity contribution in [2.45, 2.75) is 30.6 Å². The lowest BCUT2D eigenvalue weighted by molar-refractivity contribution is -0.135. The highest BCUT2D eigenvalue weighted by Crippen LogP contribution is 2.64. The monoisotopic (exact) mass is 705 g/mol. The van der Waals surface area contributed by atoms with E-state index in [4.69, 9.17) is 0 Å². The van der Waals surface area contributed by atoms with E-state index in [2.05, 4.69) is 6.58 Å². The lowest BCUT2D eigenvalue weighted by Crippen LogP contribution is -2.58. The van der Waals surface area contributed by atoms with E-state index >= 15 is 9.59 Å².